The Kier molecular flexibility index (Phi) is 4.74. The zero-order chi connectivity index (χ0) is 14.5. The van der Waals surface area contributed by atoms with E-state index in [1.807, 2.05) is 18.2 Å². The Hall–Kier alpha value is -1.87. The van der Waals surface area contributed by atoms with E-state index in [0.29, 0.717) is 29.7 Å². The van der Waals surface area contributed by atoms with E-state index in [2.05, 4.69) is 13.8 Å². The van der Waals surface area contributed by atoms with Crippen molar-refractivity contribution in [1.29, 1.82) is 0 Å². The van der Waals surface area contributed by atoms with E-state index < -0.39 is 0 Å². The second kappa shape index (κ2) is 6.53. The van der Waals surface area contributed by atoms with Crippen molar-refractivity contribution in [2.75, 3.05) is 18.9 Å². The summed E-state index contributed by atoms with van der Waals surface area (Å²) in [5.74, 6) is 1.47. The van der Waals surface area contributed by atoms with Crippen LogP contribution in [-0.2, 0) is 0 Å². The van der Waals surface area contributed by atoms with Gasteiger partial charge in [-0.2, -0.15) is 0 Å². The summed E-state index contributed by atoms with van der Waals surface area (Å²) in [4.78, 5) is 0. The van der Waals surface area contributed by atoms with Gasteiger partial charge in [0, 0.05) is 5.02 Å². The third kappa shape index (κ3) is 3.81. The van der Waals surface area contributed by atoms with E-state index in [9.17, 15) is 0 Å². The number of halogens is 1. The Bertz CT molecular complexity index is 599. The van der Waals surface area contributed by atoms with Crippen LogP contribution in [0.5, 0.6) is 11.5 Å². The summed E-state index contributed by atoms with van der Waals surface area (Å²) in [6.45, 7) is 5.03. The average molecular weight is 292 g/mol. The van der Waals surface area contributed by atoms with E-state index in [1.165, 1.54) is 11.1 Å². The highest BCUT2D eigenvalue weighted by Crippen LogP contribution is 2.24. The Morgan fingerprint density at radius 1 is 0.950 bits per heavy atom. The van der Waals surface area contributed by atoms with Gasteiger partial charge in [0.25, 0.3) is 0 Å². The number of hydrogen-bond donors (Lipinski definition) is 1. The highest BCUT2D eigenvalue weighted by molar-refractivity contribution is 6.30. The molecule has 0 saturated heterocycles. The van der Waals surface area contributed by atoms with Gasteiger partial charge in [0.15, 0.2) is 0 Å². The van der Waals surface area contributed by atoms with Crippen molar-refractivity contribution in [2.24, 2.45) is 0 Å². The summed E-state index contributed by atoms with van der Waals surface area (Å²) in [5, 5.41) is 0.598. The molecule has 0 aliphatic rings. The van der Waals surface area contributed by atoms with E-state index in [-0.39, 0.29) is 0 Å². The first-order valence-corrected chi connectivity index (χ1v) is 6.82. The first kappa shape index (κ1) is 14.5. The van der Waals surface area contributed by atoms with Crippen LogP contribution in [-0.4, -0.2) is 13.2 Å². The molecule has 0 saturated carbocycles. The SMILES string of the molecule is Cc1ccc(OCCOc2ccc(Cl)cc2N)cc1C. The lowest BCUT2D eigenvalue weighted by atomic mass is 10.1. The molecule has 0 aliphatic carbocycles. The number of benzene rings is 2. The summed E-state index contributed by atoms with van der Waals surface area (Å²) in [6.07, 6.45) is 0. The van der Waals surface area contributed by atoms with Crippen LogP contribution in [0.15, 0.2) is 36.4 Å². The quantitative estimate of drug-likeness (QED) is 0.669. The summed E-state index contributed by atoms with van der Waals surface area (Å²) in [6, 6.07) is 11.2. The molecule has 2 aromatic rings. The molecular formula is C16H18ClNO2. The zero-order valence-corrected chi connectivity index (χ0v) is 12.4. The Labute approximate surface area is 124 Å². The summed E-state index contributed by atoms with van der Waals surface area (Å²) in [7, 11) is 0. The van der Waals surface area contributed by atoms with Crippen LogP contribution in [0.25, 0.3) is 0 Å². The normalized spacial score (nSPS) is 10.3. The highest BCUT2D eigenvalue weighted by Gasteiger charge is 2.02. The van der Waals surface area contributed by atoms with Crippen molar-refractivity contribution < 1.29 is 9.47 Å². The Morgan fingerprint density at radius 2 is 1.70 bits per heavy atom. The van der Waals surface area contributed by atoms with Gasteiger partial charge in [0.05, 0.1) is 5.69 Å². The number of hydrogen-bond acceptors (Lipinski definition) is 3. The molecule has 0 atom stereocenters. The van der Waals surface area contributed by atoms with Crippen LogP contribution in [0.4, 0.5) is 5.69 Å². The number of ether oxygens (including phenoxy) is 2. The maximum Gasteiger partial charge on any atom is 0.142 e. The van der Waals surface area contributed by atoms with Gasteiger partial charge in [-0.1, -0.05) is 17.7 Å². The molecule has 20 heavy (non-hydrogen) atoms. The number of rotatable bonds is 5. The molecule has 2 rings (SSSR count). The van der Waals surface area contributed by atoms with Gasteiger partial charge in [-0.05, 0) is 55.3 Å². The van der Waals surface area contributed by atoms with Crippen LogP contribution >= 0.6 is 11.6 Å². The number of anilines is 1. The predicted octanol–water partition coefficient (Wildman–Crippen LogP) is 4.00. The molecule has 0 bridgehead atoms. The first-order valence-electron chi connectivity index (χ1n) is 6.44. The van der Waals surface area contributed by atoms with Crippen molar-refractivity contribution in [3.8, 4) is 11.5 Å². The van der Waals surface area contributed by atoms with Gasteiger partial charge < -0.3 is 15.2 Å². The lowest BCUT2D eigenvalue weighted by Gasteiger charge is -2.11. The fraction of sp³-hybridized carbons (Fsp3) is 0.250. The van der Waals surface area contributed by atoms with Crippen LogP contribution in [0.2, 0.25) is 5.02 Å². The molecule has 4 heteroatoms. The number of nitrogen functional groups attached to an aromatic ring is 1. The molecule has 0 fully saturated rings. The molecular weight excluding hydrogens is 274 g/mol. The van der Waals surface area contributed by atoms with Gasteiger partial charge in [-0.25, -0.2) is 0 Å². The third-order valence-electron chi connectivity index (χ3n) is 3.06. The van der Waals surface area contributed by atoms with Crippen LogP contribution in [0.3, 0.4) is 0 Å². The lowest BCUT2D eigenvalue weighted by molar-refractivity contribution is 0.218. The molecule has 2 aromatic carbocycles. The van der Waals surface area contributed by atoms with E-state index >= 15 is 0 Å². The number of nitrogens with two attached hydrogens (primary N) is 1. The second-order valence-corrected chi connectivity index (χ2v) is 5.06. The molecule has 0 radical (unpaired) electrons. The van der Waals surface area contributed by atoms with E-state index in [1.54, 1.807) is 18.2 Å². The molecule has 0 unspecified atom stereocenters. The smallest absolute Gasteiger partial charge is 0.142 e. The third-order valence-corrected chi connectivity index (χ3v) is 3.29. The van der Waals surface area contributed by atoms with Crippen molar-refractivity contribution >= 4 is 17.3 Å². The average Bonchev–Trinajstić information content (AvgIpc) is 2.40. The van der Waals surface area contributed by atoms with Gasteiger partial charge in [0.1, 0.15) is 24.7 Å². The minimum absolute atomic E-state index is 0.429. The molecule has 0 aliphatic heterocycles. The minimum atomic E-state index is 0.429. The van der Waals surface area contributed by atoms with Crippen molar-refractivity contribution in [3.63, 3.8) is 0 Å². The molecule has 0 aromatic heterocycles. The predicted molar refractivity (Wildman–Crippen MR) is 82.8 cm³/mol. The molecule has 0 spiro atoms. The standard InChI is InChI=1S/C16H18ClNO2/c1-11-3-5-14(9-12(11)2)19-7-8-20-16-6-4-13(17)10-15(16)18/h3-6,9-10H,7-8,18H2,1-2H3. The monoisotopic (exact) mass is 291 g/mol. The first-order chi connectivity index (χ1) is 9.56. The minimum Gasteiger partial charge on any atom is -0.490 e. The lowest BCUT2D eigenvalue weighted by Crippen LogP contribution is -2.10. The van der Waals surface area contributed by atoms with E-state index in [4.69, 9.17) is 26.8 Å². The molecule has 0 heterocycles. The number of aryl methyl sites for hydroxylation is 2. The maximum absolute atomic E-state index is 5.83. The zero-order valence-electron chi connectivity index (χ0n) is 11.7. The Balaban J connectivity index is 1.82. The molecule has 106 valence electrons. The van der Waals surface area contributed by atoms with Crippen LogP contribution in [0.1, 0.15) is 11.1 Å². The summed E-state index contributed by atoms with van der Waals surface area (Å²) in [5.41, 5.74) is 8.80. The summed E-state index contributed by atoms with van der Waals surface area (Å²) >= 11 is 5.83. The highest BCUT2D eigenvalue weighted by atomic mass is 35.5. The fourth-order valence-electron chi connectivity index (χ4n) is 1.77. The van der Waals surface area contributed by atoms with Crippen LogP contribution in [0, 0.1) is 13.8 Å². The van der Waals surface area contributed by atoms with Crippen molar-refractivity contribution in [2.45, 2.75) is 13.8 Å². The molecule has 0 amide bonds. The van der Waals surface area contributed by atoms with Crippen molar-refractivity contribution in [3.05, 3.63) is 52.5 Å². The van der Waals surface area contributed by atoms with Gasteiger partial charge in [-0.3, -0.25) is 0 Å². The topological polar surface area (TPSA) is 44.5 Å². The second-order valence-electron chi connectivity index (χ2n) is 4.63. The Morgan fingerprint density at radius 3 is 2.40 bits per heavy atom. The molecule has 3 nitrogen and oxygen atoms in total. The van der Waals surface area contributed by atoms with E-state index in [0.717, 1.165) is 5.75 Å². The van der Waals surface area contributed by atoms with Gasteiger partial charge in [-0.15, -0.1) is 0 Å². The van der Waals surface area contributed by atoms with Gasteiger partial charge >= 0.3 is 0 Å². The summed E-state index contributed by atoms with van der Waals surface area (Å²) < 4.78 is 11.2. The fourth-order valence-corrected chi connectivity index (χ4v) is 1.95. The largest absolute Gasteiger partial charge is 0.490 e. The maximum atomic E-state index is 5.83. The molecule has 2 N–H and O–H groups in total. The van der Waals surface area contributed by atoms with Gasteiger partial charge in [0.2, 0.25) is 0 Å². The van der Waals surface area contributed by atoms with Crippen LogP contribution < -0.4 is 15.2 Å². The van der Waals surface area contributed by atoms with Crippen molar-refractivity contribution in [1.82, 2.24) is 0 Å².